The third-order valence-electron chi connectivity index (χ3n) is 0.477. The van der Waals surface area contributed by atoms with E-state index in [9.17, 15) is 0 Å². The molecule has 0 aromatic rings. The van der Waals surface area contributed by atoms with Crippen molar-refractivity contribution in [3.8, 4) is 0 Å². The van der Waals surface area contributed by atoms with Gasteiger partial charge in [0, 0.05) is 0 Å². The molecule has 0 unspecified atom stereocenters. The van der Waals surface area contributed by atoms with Gasteiger partial charge in [-0.15, -0.1) is 0 Å². The molecule has 0 aliphatic rings. The molecule has 0 aromatic heterocycles. The molecular formula is C5H9Ni. The zero-order chi connectivity index (χ0) is 4.83. The van der Waals surface area contributed by atoms with Gasteiger partial charge in [-0.3, -0.25) is 0 Å². The van der Waals surface area contributed by atoms with Gasteiger partial charge in [0.25, 0.3) is 0 Å². The molecule has 0 spiro atoms. The van der Waals surface area contributed by atoms with Crippen molar-refractivity contribution in [1.82, 2.24) is 0 Å². The van der Waals surface area contributed by atoms with Gasteiger partial charge in [-0.1, -0.05) is 0 Å². The minimum atomic E-state index is 0.799. The number of hydrogen-bond donors (Lipinski definition) is 0. The quantitative estimate of drug-likeness (QED) is 0.393. The van der Waals surface area contributed by atoms with Gasteiger partial charge in [-0.25, -0.2) is 0 Å². The van der Waals surface area contributed by atoms with E-state index in [-0.39, 0.29) is 0 Å². The van der Waals surface area contributed by atoms with Crippen molar-refractivity contribution < 1.29 is 15.5 Å². The van der Waals surface area contributed by atoms with E-state index in [0.717, 1.165) is 11.8 Å². The summed E-state index contributed by atoms with van der Waals surface area (Å²) in [5.41, 5.74) is 0. The molecule has 0 bridgehead atoms. The monoisotopic (exact) mass is 127 g/mol. The zero-order valence-electron chi connectivity index (χ0n) is 3.89. The van der Waals surface area contributed by atoms with Crippen LogP contribution in [0.25, 0.3) is 0 Å². The van der Waals surface area contributed by atoms with Crippen LogP contribution >= 0.6 is 0 Å². The SMILES string of the molecule is CCC=C[CH2][Ni]. The maximum absolute atomic E-state index is 4.38. The molecule has 0 radical (unpaired) electrons. The molecule has 0 saturated heterocycles. The number of rotatable bonds is 2. The minimum absolute atomic E-state index is 0.799. The standard InChI is InChI=1S/C5H9.Ni/c1-3-5-4-2;/h3,5H,1,4H2,2H3;. The second kappa shape index (κ2) is 5.23. The number of allylic oxidation sites excluding steroid dienone is 2. The van der Waals surface area contributed by atoms with Gasteiger partial charge in [-0.2, -0.15) is 0 Å². The molecule has 0 nitrogen and oxygen atoms in total. The topological polar surface area (TPSA) is 0 Å². The van der Waals surface area contributed by atoms with Gasteiger partial charge in [0.05, 0.1) is 0 Å². The summed E-state index contributed by atoms with van der Waals surface area (Å²) in [6, 6.07) is 0. The molecule has 0 saturated carbocycles. The molecule has 0 aliphatic carbocycles. The Labute approximate surface area is 47.0 Å². The average Bonchev–Trinajstić information content (AvgIpc) is 1.61. The van der Waals surface area contributed by atoms with Crippen molar-refractivity contribution in [2.45, 2.75) is 18.7 Å². The summed E-state index contributed by atoms with van der Waals surface area (Å²) in [5, 5.41) is 0.799. The van der Waals surface area contributed by atoms with E-state index in [4.69, 9.17) is 0 Å². The van der Waals surface area contributed by atoms with Crippen molar-refractivity contribution in [2.24, 2.45) is 0 Å². The van der Waals surface area contributed by atoms with Crippen molar-refractivity contribution in [3.05, 3.63) is 12.2 Å². The normalized spacial score (nSPS) is 10.5. The first-order valence-electron chi connectivity index (χ1n) is 2.08. The van der Waals surface area contributed by atoms with Crippen LogP contribution in [0.5, 0.6) is 0 Å². The van der Waals surface area contributed by atoms with E-state index in [1.807, 2.05) is 6.08 Å². The van der Waals surface area contributed by atoms with E-state index >= 15 is 0 Å². The predicted octanol–water partition coefficient (Wildman–Crippen LogP) is 1.92. The van der Waals surface area contributed by atoms with E-state index in [0.29, 0.717) is 0 Å². The van der Waals surface area contributed by atoms with Crippen LogP contribution in [0.3, 0.4) is 0 Å². The Morgan fingerprint density at radius 3 is 2.33 bits per heavy atom. The van der Waals surface area contributed by atoms with E-state index in [1.165, 1.54) is 0 Å². The molecule has 6 heavy (non-hydrogen) atoms. The van der Waals surface area contributed by atoms with Gasteiger partial charge >= 0.3 is 46.4 Å². The zero-order valence-corrected chi connectivity index (χ0v) is 4.87. The number of hydrogen-bond acceptors (Lipinski definition) is 0. The first-order valence-corrected chi connectivity index (χ1v) is 2.78. The maximum atomic E-state index is 4.38. The molecule has 0 heterocycles. The van der Waals surface area contributed by atoms with Crippen LogP contribution in [0.2, 0.25) is 5.39 Å². The molecule has 0 N–H and O–H groups in total. The Hall–Kier alpha value is 0.234. The van der Waals surface area contributed by atoms with Crippen LogP contribution in [-0.4, -0.2) is 0 Å². The summed E-state index contributed by atoms with van der Waals surface area (Å²) < 4.78 is 0. The second-order valence-electron chi connectivity index (χ2n) is 1.01. The van der Waals surface area contributed by atoms with Crippen LogP contribution in [0.15, 0.2) is 12.2 Å². The van der Waals surface area contributed by atoms with Gasteiger partial charge < -0.3 is 0 Å². The molecule has 0 aliphatic heterocycles. The Balaban J connectivity index is 2.73. The molecule has 0 fully saturated rings. The molecule has 39 valence electrons. The third kappa shape index (κ3) is 4.23. The van der Waals surface area contributed by atoms with E-state index < -0.39 is 0 Å². The van der Waals surface area contributed by atoms with E-state index in [2.05, 4.69) is 28.5 Å². The average molecular weight is 128 g/mol. The predicted molar refractivity (Wildman–Crippen MR) is 24.2 cm³/mol. The van der Waals surface area contributed by atoms with Crippen LogP contribution in [0.1, 0.15) is 13.3 Å². The molecular weight excluding hydrogens is 119 g/mol. The second-order valence-corrected chi connectivity index (χ2v) is 1.41. The fourth-order valence-electron chi connectivity index (χ4n) is 0.219. The molecule has 0 amide bonds. The summed E-state index contributed by atoms with van der Waals surface area (Å²) in [6.45, 7) is 2.10. The van der Waals surface area contributed by atoms with Crippen molar-refractivity contribution in [2.75, 3.05) is 0 Å². The van der Waals surface area contributed by atoms with Crippen LogP contribution in [0, 0.1) is 0 Å². The summed E-state index contributed by atoms with van der Waals surface area (Å²) in [5.74, 6) is 0. The summed E-state index contributed by atoms with van der Waals surface area (Å²) in [6.07, 6.45) is 5.22. The van der Waals surface area contributed by atoms with Gasteiger partial charge in [-0.05, 0) is 0 Å². The van der Waals surface area contributed by atoms with E-state index in [1.54, 1.807) is 0 Å². The van der Waals surface area contributed by atoms with Crippen molar-refractivity contribution in [1.29, 1.82) is 0 Å². The van der Waals surface area contributed by atoms with Crippen LogP contribution in [0.4, 0.5) is 0 Å². The Bertz CT molecular complexity index is 33.2. The van der Waals surface area contributed by atoms with Crippen molar-refractivity contribution >= 4 is 0 Å². The third-order valence-corrected chi connectivity index (χ3v) is 0.710. The summed E-state index contributed by atoms with van der Waals surface area (Å²) in [4.78, 5) is 0. The van der Waals surface area contributed by atoms with Gasteiger partial charge in [0.15, 0.2) is 0 Å². The fraction of sp³-hybridized carbons (Fsp3) is 0.600. The van der Waals surface area contributed by atoms with Gasteiger partial charge in [0.2, 0.25) is 0 Å². The first kappa shape index (κ1) is 6.23. The van der Waals surface area contributed by atoms with Crippen LogP contribution < -0.4 is 0 Å². The molecule has 1 heteroatoms. The molecule has 0 rings (SSSR count). The molecule has 0 aromatic carbocycles. The first-order chi connectivity index (χ1) is 2.91. The molecule has 0 atom stereocenters. The Kier molecular flexibility index (Phi) is 5.44. The fourth-order valence-corrected chi connectivity index (χ4v) is 0.384. The van der Waals surface area contributed by atoms with Crippen molar-refractivity contribution in [3.63, 3.8) is 0 Å². The summed E-state index contributed by atoms with van der Waals surface area (Å²) >= 11 is 4.38. The Morgan fingerprint density at radius 1 is 1.50 bits per heavy atom. The van der Waals surface area contributed by atoms with Crippen LogP contribution in [-0.2, 0) is 15.5 Å². The summed E-state index contributed by atoms with van der Waals surface area (Å²) in [7, 11) is 0. The van der Waals surface area contributed by atoms with Gasteiger partial charge in [0.1, 0.15) is 0 Å². The Morgan fingerprint density at radius 2 is 2.17 bits per heavy atom.